The molecule has 4 rings (SSSR count). The molecular weight excluding hydrogens is 410 g/mol. The Hall–Kier alpha value is -2.32. The van der Waals surface area contributed by atoms with Crippen LogP contribution in [0.5, 0.6) is 0 Å². The molecule has 2 heterocycles. The number of carbonyl (C=O) groups excluding carboxylic acids is 1. The van der Waals surface area contributed by atoms with Gasteiger partial charge in [0.1, 0.15) is 0 Å². The molecule has 1 amide bonds. The van der Waals surface area contributed by atoms with Gasteiger partial charge in [-0.2, -0.15) is 4.31 Å². The van der Waals surface area contributed by atoms with Crippen LogP contribution in [0.2, 0.25) is 0 Å². The molecule has 0 saturated carbocycles. The van der Waals surface area contributed by atoms with Gasteiger partial charge in [-0.25, -0.2) is 17.2 Å². The number of benzene rings is 2. The van der Waals surface area contributed by atoms with Gasteiger partial charge in [0.2, 0.25) is 15.9 Å². The fourth-order valence-electron chi connectivity index (χ4n) is 4.42. The molecule has 2 saturated heterocycles. The van der Waals surface area contributed by atoms with Gasteiger partial charge in [-0.05, 0) is 49.4 Å². The summed E-state index contributed by atoms with van der Waals surface area (Å²) in [5.74, 6) is -2.43. The number of hydrogen-bond donors (Lipinski definition) is 0. The first-order valence-electron chi connectivity index (χ1n) is 10.2. The van der Waals surface area contributed by atoms with E-state index in [9.17, 15) is 22.0 Å². The van der Waals surface area contributed by atoms with Crippen molar-refractivity contribution in [3.05, 3.63) is 65.7 Å². The van der Waals surface area contributed by atoms with E-state index in [1.165, 1.54) is 4.31 Å². The zero-order valence-corrected chi connectivity index (χ0v) is 17.3. The summed E-state index contributed by atoms with van der Waals surface area (Å²) < 4.78 is 53.4. The second-order valence-electron chi connectivity index (χ2n) is 7.85. The fourth-order valence-corrected chi connectivity index (χ4v) is 5.90. The summed E-state index contributed by atoms with van der Waals surface area (Å²) in [6, 6.07) is 12.6. The summed E-state index contributed by atoms with van der Waals surface area (Å²) in [5.41, 5.74) is 1.13. The van der Waals surface area contributed by atoms with Gasteiger partial charge in [0.25, 0.3) is 0 Å². The van der Waals surface area contributed by atoms with Crippen LogP contribution in [-0.2, 0) is 14.8 Å². The van der Waals surface area contributed by atoms with Crippen LogP contribution < -0.4 is 0 Å². The van der Waals surface area contributed by atoms with Crippen molar-refractivity contribution in [2.45, 2.75) is 36.6 Å². The molecule has 2 aromatic carbocycles. The third kappa shape index (κ3) is 3.98. The smallest absolute Gasteiger partial charge is 0.243 e. The Morgan fingerprint density at radius 1 is 0.900 bits per heavy atom. The van der Waals surface area contributed by atoms with E-state index in [1.807, 2.05) is 35.2 Å². The first kappa shape index (κ1) is 20.9. The molecule has 2 aromatic rings. The van der Waals surface area contributed by atoms with Crippen molar-refractivity contribution in [2.75, 3.05) is 19.6 Å². The monoisotopic (exact) mass is 434 g/mol. The van der Waals surface area contributed by atoms with Crippen LogP contribution in [-0.4, -0.2) is 43.2 Å². The quantitative estimate of drug-likeness (QED) is 0.737. The molecule has 0 N–H and O–H groups in total. The maximum Gasteiger partial charge on any atom is 0.243 e. The van der Waals surface area contributed by atoms with Crippen molar-refractivity contribution in [1.82, 2.24) is 9.21 Å². The van der Waals surface area contributed by atoms with Crippen LogP contribution in [0.25, 0.3) is 0 Å². The molecule has 0 unspecified atom stereocenters. The van der Waals surface area contributed by atoms with Gasteiger partial charge in [0.15, 0.2) is 11.6 Å². The van der Waals surface area contributed by atoms with Crippen LogP contribution in [0.3, 0.4) is 0 Å². The predicted molar refractivity (Wildman–Crippen MR) is 108 cm³/mol. The molecule has 2 aliphatic rings. The summed E-state index contributed by atoms with van der Waals surface area (Å²) in [4.78, 5) is 14.8. The van der Waals surface area contributed by atoms with Crippen molar-refractivity contribution in [2.24, 2.45) is 5.92 Å². The zero-order valence-electron chi connectivity index (χ0n) is 16.5. The van der Waals surface area contributed by atoms with E-state index in [4.69, 9.17) is 0 Å². The summed E-state index contributed by atoms with van der Waals surface area (Å²) in [6.45, 7) is 1.08. The lowest BCUT2D eigenvalue weighted by molar-refractivity contribution is -0.137. The molecule has 8 heteroatoms. The Kier molecular flexibility index (Phi) is 5.88. The highest BCUT2D eigenvalue weighted by atomic mass is 32.2. The van der Waals surface area contributed by atoms with E-state index in [0.717, 1.165) is 30.5 Å². The molecule has 2 aliphatic heterocycles. The van der Waals surface area contributed by atoms with Gasteiger partial charge in [0.05, 0.1) is 10.9 Å². The fraction of sp³-hybridized carbons (Fsp3) is 0.409. The Bertz CT molecular complexity index is 1020. The minimum atomic E-state index is -3.92. The summed E-state index contributed by atoms with van der Waals surface area (Å²) in [5, 5.41) is 0. The van der Waals surface area contributed by atoms with Crippen LogP contribution >= 0.6 is 0 Å². The molecule has 5 nitrogen and oxygen atoms in total. The van der Waals surface area contributed by atoms with Crippen LogP contribution in [0, 0.1) is 17.6 Å². The molecule has 0 aromatic heterocycles. The van der Waals surface area contributed by atoms with Gasteiger partial charge in [0, 0.05) is 25.6 Å². The van der Waals surface area contributed by atoms with Crippen LogP contribution in [0.4, 0.5) is 8.78 Å². The average molecular weight is 435 g/mol. The predicted octanol–water partition coefficient (Wildman–Crippen LogP) is 3.73. The molecular formula is C22H24F2N2O3S. The number of nitrogens with zero attached hydrogens (tertiary/aromatic N) is 2. The number of halogens is 2. The maximum atomic E-state index is 13.5. The molecule has 0 bridgehead atoms. The van der Waals surface area contributed by atoms with E-state index in [0.29, 0.717) is 25.5 Å². The minimum absolute atomic E-state index is 0.0719. The highest BCUT2D eigenvalue weighted by Gasteiger charge is 2.37. The third-order valence-corrected chi connectivity index (χ3v) is 7.95. The van der Waals surface area contributed by atoms with Crippen molar-refractivity contribution in [1.29, 1.82) is 0 Å². The Labute approximate surface area is 175 Å². The van der Waals surface area contributed by atoms with E-state index < -0.39 is 21.7 Å². The molecule has 0 radical (unpaired) electrons. The lowest BCUT2D eigenvalue weighted by Gasteiger charge is -2.34. The van der Waals surface area contributed by atoms with E-state index >= 15 is 0 Å². The summed E-state index contributed by atoms with van der Waals surface area (Å²) in [7, 11) is -3.92. The van der Waals surface area contributed by atoms with Gasteiger partial charge in [-0.3, -0.25) is 4.79 Å². The second kappa shape index (κ2) is 8.43. The Morgan fingerprint density at radius 3 is 2.27 bits per heavy atom. The number of piperidine rings is 1. The van der Waals surface area contributed by atoms with Gasteiger partial charge in [-0.1, -0.05) is 30.3 Å². The summed E-state index contributed by atoms with van der Waals surface area (Å²) >= 11 is 0. The number of carbonyl (C=O) groups is 1. The Balaban J connectivity index is 1.42. The van der Waals surface area contributed by atoms with E-state index in [-0.39, 0.29) is 35.9 Å². The topological polar surface area (TPSA) is 57.7 Å². The normalized spacial score (nSPS) is 21.1. The molecule has 0 aliphatic carbocycles. The molecule has 160 valence electrons. The van der Waals surface area contributed by atoms with E-state index in [1.54, 1.807) is 0 Å². The molecule has 2 fully saturated rings. The van der Waals surface area contributed by atoms with E-state index in [2.05, 4.69) is 0 Å². The zero-order chi connectivity index (χ0) is 21.3. The SMILES string of the molecule is O=C(C1CCN(S(=O)(=O)c2ccc(F)c(F)c2)CC1)N1CCC[C@@H]1c1ccccc1. The highest BCUT2D eigenvalue weighted by Crippen LogP contribution is 2.35. The number of hydrogen-bond acceptors (Lipinski definition) is 3. The third-order valence-electron chi connectivity index (χ3n) is 6.05. The van der Waals surface area contributed by atoms with Crippen LogP contribution in [0.1, 0.15) is 37.3 Å². The number of rotatable bonds is 4. The van der Waals surface area contributed by atoms with Crippen molar-refractivity contribution >= 4 is 15.9 Å². The van der Waals surface area contributed by atoms with Crippen molar-refractivity contribution in [3.63, 3.8) is 0 Å². The van der Waals surface area contributed by atoms with Gasteiger partial charge < -0.3 is 4.90 Å². The average Bonchev–Trinajstić information content (AvgIpc) is 3.25. The number of sulfonamides is 1. The van der Waals surface area contributed by atoms with Crippen molar-refractivity contribution < 1.29 is 22.0 Å². The minimum Gasteiger partial charge on any atom is -0.335 e. The maximum absolute atomic E-state index is 13.5. The van der Waals surface area contributed by atoms with Crippen LogP contribution in [0.15, 0.2) is 53.4 Å². The van der Waals surface area contributed by atoms with Gasteiger partial charge >= 0.3 is 0 Å². The highest BCUT2D eigenvalue weighted by molar-refractivity contribution is 7.89. The lowest BCUT2D eigenvalue weighted by Crippen LogP contribution is -2.44. The first-order chi connectivity index (χ1) is 14.4. The number of likely N-dealkylation sites (tertiary alicyclic amines) is 1. The standard InChI is InChI=1S/C22H24F2N2O3S/c23-19-9-8-18(15-20(19)24)30(28,29)25-13-10-17(11-14-25)22(27)26-12-4-7-21(26)16-5-2-1-3-6-16/h1-3,5-6,8-9,15,17,21H,4,7,10-14H2/t21-/m1/s1. The first-order valence-corrected chi connectivity index (χ1v) is 11.6. The molecule has 30 heavy (non-hydrogen) atoms. The van der Waals surface area contributed by atoms with Crippen molar-refractivity contribution in [3.8, 4) is 0 Å². The summed E-state index contributed by atoms with van der Waals surface area (Å²) in [6.07, 6.45) is 2.72. The lowest BCUT2D eigenvalue weighted by atomic mass is 9.95. The largest absolute Gasteiger partial charge is 0.335 e. The molecule has 1 atom stereocenters. The Morgan fingerprint density at radius 2 is 1.60 bits per heavy atom. The van der Waals surface area contributed by atoms with Gasteiger partial charge in [-0.15, -0.1) is 0 Å². The molecule has 0 spiro atoms. The second-order valence-corrected chi connectivity index (χ2v) is 9.79. The number of amides is 1.